The largest absolute Gasteiger partial charge is 0.478 e. The van der Waals surface area contributed by atoms with E-state index in [-0.39, 0.29) is 33.8 Å². The molecular formula is C16H16Cl2N4O4S. The second kappa shape index (κ2) is 6.81. The van der Waals surface area contributed by atoms with Gasteiger partial charge in [0.2, 0.25) is 0 Å². The van der Waals surface area contributed by atoms with Gasteiger partial charge >= 0.3 is 11.7 Å². The molecular weight excluding hydrogens is 415 g/mol. The molecule has 3 heterocycles. The van der Waals surface area contributed by atoms with Crippen molar-refractivity contribution in [2.75, 3.05) is 0 Å². The van der Waals surface area contributed by atoms with Crippen LogP contribution in [0.5, 0.6) is 0 Å². The molecule has 27 heavy (non-hydrogen) atoms. The molecule has 0 spiro atoms. The van der Waals surface area contributed by atoms with Gasteiger partial charge in [-0.2, -0.15) is 0 Å². The van der Waals surface area contributed by atoms with Crippen LogP contribution in [0.25, 0.3) is 10.2 Å². The predicted molar refractivity (Wildman–Crippen MR) is 105 cm³/mol. The minimum Gasteiger partial charge on any atom is -0.478 e. The van der Waals surface area contributed by atoms with Crippen LogP contribution in [0.3, 0.4) is 0 Å². The van der Waals surface area contributed by atoms with Gasteiger partial charge < -0.3 is 9.67 Å². The van der Waals surface area contributed by atoms with E-state index in [0.29, 0.717) is 15.5 Å². The first-order chi connectivity index (χ1) is 12.6. The molecule has 3 rings (SSSR count). The smallest absolute Gasteiger partial charge is 0.337 e. The van der Waals surface area contributed by atoms with E-state index in [2.05, 4.69) is 4.98 Å². The fraction of sp³-hybridized carbons (Fsp3) is 0.375. The summed E-state index contributed by atoms with van der Waals surface area (Å²) < 4.78 is 3.91. The average molecular weight is 431 g/mol. The number of carboxylic acids is 1. The molecule has 0 bridgehead atoms. The molecule has 0 aliphatic carbocycles. The molecule has 11 heteroatoms. The standard InChI is InChI=1S/C16H16Cl2N4O4S/c1-6(2)22-14-10(13(23)20(4)16(22)26)9(15(24)25)8(27-14)5-21-7(3)19-11(17)12(21)18/h6H,5H2,1-4H3,(H,24,25). The predicted octanol–water partition coefficient (Wildman–Crippen LogP) is 2.90. The van der Waals surface area contributed by atoms with Crippen molar-refractivity contribution in [3.63, 3.8) is 0 Å². The monoisotopic (exact) mass is 430 g/mol. The number of aromatic nitrogens is 4. The van der Waals surface area contributed by atoms with Crippen molar-refractivity contribution < 1.29 is 9.90 Å². The minimum absolute atomic E-state index is 0.0123. The lowest BCUT2D eigenvalue weighted by Gasteiger charge is -2.12. The number of thiophene rings is 1. The number of carboxylic acid groups (broad SMARTS) is 1. The third kappa shape index (κ3) is 2.99. The van der Waals surface area contributed by atoms with Gasteiger partial charge in [-0.3, -0.25) is 13.9 Å². The van der Waals surface area contributed by atoms with Crippen molar-refractivity contribution in [3.05, 3.63) is 47.4 Å². The number of carbonyl (C=O) groups is 1. The van der Waals surface area contributed by atoms with Crippen LogP contribution in [-0.4, -0.2) is 29.8 Å². The molecule has 0 aromatic carbocycles. The van der Waals surface area contributed by atoms with Gasteiger partial charge in [-0.25, -0.2) is 14.6 Å². The highest BCUT2D eigenvalue weighted by molar-refractivity contribution is 7.19. The lowest BCUT2D eigenvalue weighted by Crippen LogP contribution is -2.38. The van der Waals surface area contributed by atoms with Crippen molar-refractivity contribution in [1.82, 2.24) is 18.7 Å². The Morgan fingerprint density at radius 1 is 1.30 bits per heavy atom. The molecule has 144 valence electrons. The molecule has 0 fully saturated rings. The maximum Gasteiger partial charge on any atom is 0.337 e. The van der Waals surface area contributed by atoms with Gasteiger partial charge in [0.15, 0.2) is 5.15 Å². The van der Waals surface area contributed by atoms with E-state index in [4.69, 9.17) is 23.2 Å². The Hall–Kier alpha value is -2.10. The number of aryl methyl sites for hydroxylation is 1. The van der Waals surface area contributed by atoms with Crippen molar-refractivity contribution in [2.24, 2.45) is 7.05 Å². The van der Waals surface area contributed by atoms with E-state index >= 15 is 0 Å². The Balaban J connectivity index is 2.41. The summed E-state index contributed by atoms with van der Waals surface area (Å²) in [5, 5.41) is 10.1. The quantitative estimate of drug-likeness (QED) is 0.685. The number of hydrogen-bond donors (Lipinski definition) is 1. The van der Waals surface area contributed by atoms with Gasteiger partial charge in [-0.1, -0.05) is 23.2 Å². The van der Waals surface area contributed by atoms with E-state index in [1.165, 1.54) is 11.6 Å². The van der Waals surface area contributed by atoms with Crippen molar-refractivity contribution in [2.45, 2.75) is 33.4 Å². The van der Waals surface area contributed by atoms with Crippen LogP contribution in [-0.2, 0) is 13.6 Å². The van der Waals surface area contributed by atoms with E-state index in [1.54, 1.807) is 25.3 Å². The summed E-state index contributed by atoms with van der Waals surface area (Å²) in [6.07, 6.45) is 0. The van der Waals surface area contributed by atoms with E-state index in [9.17, 15) is 19.5 Å². The average Bonchev–Trinajstić information content (AvgIpc) is 3.05. The zero-order chi connectivity index (χ0) is 20.2. The molecule has 3 aromatic rings. The van der Waals surface area contributed by atoms with E-state index in [0.717, 1.165) is 15.9 Å². The van der Waals surface area contributed by atoms with Gasteiger partial charge in [0, 0.05) is 18.0 Å². The SMILES string of the molecule is Cc1nc(Cl)c(Cl)n1Cc1sc2c(c1C(=O)O)c(=O)n(C)c(=O)n2C(C)C. The number of hydrogen-bond acceptors (Lipinski definition) is 5. The second-order valence-corrected chi connectivity index (χ2v) is 8.12. The second-order valence-electron chi connectivity index (χ2n) is 6.32. The van der Waals surface area contributed by atoms with Crippen molar-refractivity contribution in [1.29, 1.82) is 0 Å². The number of nitrogens with zero attached hydrogens (tertiary/aromatic N) is 4. The van der Waals surface area contributed by atoms with Crippen LogP contribution >= 0.6 is 34.5 Å². The summed E-state index contributed by atoms with van der Waals surface area (Å²) in [4.78, 5) is 42.0. The Kier molecular flexibility index (Phi) is 4.96. The van der Waals surface area contributed by atoms with Gasteiger partial charge in [-0.05, 0) is 20.8 Å². The zero-order valence-electron chi connectivity index (χ0n) is 14.9. The Bertz CT molecular complexity index is 1200. The minimum atomic E-state index is -1.25. The van der Waals surface area contributed by atoms with Crippen LogP contribution in [0, 0.1) is 6.92 Å². The zero-order valence-corrected chi connectivity index (χ0v) is 17.2. The van der Waals surface area contributed by atoms with Crippen LogP contribution in [0.4, 0.5) is 0 Å². The molecule has 0 aliphatic rings. The highest BCUT2D eigenvalue weighted by Gasteiger charge is 2.27. The fourth-order valence-corrected chi connectivity index (χ4v) is 4.80. The number of fused-ring (bicyclic) bond motifs is 1. The maximum atomic E-state index is 12.7. The van der Waals surface area contributed by atoms with Gasteiger partial charge in [-0.15, -0.1) is 11.3 Å². The summed E-state index contributed by atoms with van der Waals surface area (Å²) in [6.45, 7) is 5.35. The number of imidazole rings is 1. The first-order valence-corrected chi connectivity index (χ1v) is 9.51. The van der Waals surface area contributed by atoms with Gasteiger partial charge in [0.1, 0.15) is 15.8 Å². The third-order valence-corrected chi connectivity index (χ3v) is 6.20. The van der Waals surface area contributed by atoms with Crippen molar-refractivity contribution >= 4 is 50.7 Å². The Labute approximate surface area is 167 Å². The lowest BCUT2D eigenvalue weighted by atomic mass is 10.2. The summed E-state index contributed by atoms with van der Waals surface area (Å²) >= 11 is 13.2. The number of aromatic carboxylic acids is 1. The number of rotatable bonds is 4. The molecule has 0 amide bonds. The molecule has 8 nitrogen and oxygen atoms in total. The highest BCUT2D eigenvalue weighted by Crippen LogP contribution is 2.32. The topological polar surface area (TPSA) is 99.1 Å². The van der Waals surface area contributed by atoms with Crippen molar-refractivity contribution in [3.8, 4) is 0 Å². The molecule has 0 unspecified atom stereocenters. The van der Waals surface area contributed by atoms with Crippen LogP contribution in [0.2, 0.25) is 10.3 Å². The van der Waals surface area contributed by atoms with Gasteiger partial charge in [0.25, 0.3) is 5.56 Å². The molecule has 1 N–H and O–H groups in total. The molecule has 0 saturated carbocycles. The first-order valence-electron chi connectivity index (χ1n) is 7.94. The Morgan fingerprint density at radius 2 is 1.93 bits per heavy atom. The summed E-state index contributed by atoms with van der Waals surface area (Å²) in [5.41, 5.74) is -1.27. The van der Waals surface area contributed by atoms with E-state index < -0.39 is 17.2 Å². The van der Waals surface area contributed by atoms with E-state index in [1.807, 2.05) is 0 Å². The molecule has 0 atom stereocenters. The maximum absolute atomic E-state index is 12.7. The third-order valence-electron chi connectivity index (χ3n) is 4.28. The van der Waals surface area contributed by atoms with Gasteiger partial charge in [0.05, 0.1) is 17.5 Å². The molecule has 0 radical (unpaired) electrons. The molecule has 0 aliphatic heterocycles. The Morgan fingerprint density at radius 3 is 2.41 bits per heavy atom. The van der Waals surface area contributed by atoms with Crippen LogP contribution < -0.4 is 11.2 Å². The van der Waals surface area contributed by atoms with Crippen LogP contribution in [0.15, 0.2) is 9.59 Å². The number of halogens is 2. The lowest BCUT2D eigenvalue weighted by molar-refractivity contribution is 0.0698. The summed E-state index contributed by atoms with van der Waals surface area (Å²) in [6, 6.07) is -0.257. The normalized spacial score (nSPS) is 11.7. The molecule has 0 saturated heterocycles. The molecule has 3 aromatic heterocycles. The van der Waals surface area contributed by atoms with Crippen LogP contribution in [0.1, 0.15) is 40.9 Å². The highest BCUT2D eigenvalue weighted by atomic mass is 35.5. The summed E-state index contributed by atoms with van der Waals surface area (Å²) in [5.74, 6) is -0.741. The fourth-order valence-electron chi connectivity index (χ4n) is 2.96. The summed E-state index contributed by atoms with van der Waals surface area (Å²) in [7, 11) is 1.34. The first kappa shape index (κ1) is 19.7.